The van der Waals surface area contributed by atoms with Crippen molar-refractivity contribution in [3.8, 4) is 0 Å². The average molecular weight is 786 g/mol. The molecule has 0 aliphatic rings. The van der Waals surface area contributed by atoms with Crippen LogP contribution in [0.4, 0.5) is 0 Å². The van der Waals surface area contributed by atoms with Gasteiger partial charge in [0, 0.05) is 6.42 Å². The van der Waals surface area contributed by atoms with E-state index >= 15 is 0 Å². The Labute approximate surface area is 351 Å². The highest BCUT2D eigenvalue weighted by atomic mass is 16.3. The van der Waals surface area contributed by atoms with Gasteiger partial charge in [-0.2, -0.15) is 0 Å². The summed E-state index contributed by atoms with van der Waals surface area (Å²) in [6.45, 7) is 4.31. The van der Waals surface area contributed by atoms with Gasteiger partial charge in [0.2, 0.25) is 5.91 Å². The molecule has 4 heteroatoms. The number of unbranched alkanes of at least 4 members (excludes halogenated alkanes) is 35. The lowest BCUT2D eigenvalue weighted by Gasteiger charge is -2.19. The number of hydrogen-bond acceptors (Lipinski definition) is 3. The molecule has 0 aliphatic heterocycles. The third-order valence-corrected chi connectivity index (χ3v) is 11.6. The number of hydrogen-bond donors (Lipinski definition) is 3. The largest absolute Gasteiger partial charge is 0.394 e. The first-order valence-electron chi connectivity index (χ1n) is 25.2. The zero-order chi connectivity index (χ0) is 40.7. The summed E-state index contributed by atoms with van der Waals surface area (Å²) in [7, 11) is 0. The Morgan fingerprint density at radius 1 is 0.411 bits per heavy atom. The summed E-state index contributed by atoms with van der Waals surface area (Å²) in [5.74, 6) is -0.0804. The number of nitrogens with one attached hydrogen (secondary N) is 1. The lowest BCUT2D eigenvalue weighted by molar-refractivity contribution is -0.123. The van der Waals surface area contributed by atoms with Crippen molar-refractivity contribution in [1.82, 2.24) is 5.32 Å². The lowest BCUT2D eigenvalue weighted by Crippen LogP contribution is -2.45. The standard InChI is InChI=1S/C52H99NO3/c1-3-5-7-9-11-13-15-17-19-21-22-23-24-25-26-27-28-29-30-31-32-33-35-37-39-41-43-45-47-51(55)50(49-54)53-52(56)48-46-44-42-40-38-36-34-20-18-16-14-12-10-8-6-4-2/h20,34,37,39,45,47,50-51,54-55H,3-19,21-33,35-36,38,40-44,46,48-49H2,1-2H3,(H,53,56)/b34-20-,39-37+,47-45+. The van der Waals surface area contributed by atoms with E-state index in [-0.39, 0.29) is 12.5 Å². The van der Waals surface area contributed by atoms with Crippen LogP contribution in [0.1, 0.15) is 271 Å². The van der Waals surface area contributed by atoms with Gasteiger partial charge < -0.3 is 15.5 Å². The number of carbonyl (C=O) groups is 1. The number of amides is 1. The molecule has 0 radical (unpaired) electrons. The highest BCUT2D eigenvalue weighted by Gasteiger charge is 2.17. The number of allylic oxidation sites excluding steroid dienone is 5. The van der Waals surface area contributed by atoms with Gasteiger partial charge in [-0.15, -0.1) is 0 Å². The highest BCUT2D eigenvalue weighted by Crippen LogP contribution is 2.16. The summed E-state index contributed by atoms with van der Waals surface area (Å²) in [5, 5.41) is 23.0. The van der Waals surface area contributed by atoms with Gasteiger partial charge in [0.15, 0.2) is 0 Å². The summed E-state index contributed by atoms with van der Waals surface area (Å²) in [6.07, 6.45) is 64.3. The fourth-order valence-corrected chi connectivity index (χ4v) is 7.72. The first-order chi connectivity index (χ1) is 27.7. The van der Waals surface area contributed by atoms with Gasteiger partial charge in [-0.3, -0.25) is 4.79 Å². The molecule has 0 heterocycles. The lowest BCUT2D eigenvalue weighted by atomic mass is 10.0. The van der Waals surface area contributed by atoms with Crippen LogP contribution in [0.15, 0.2) is 36.5 Å². The molecule has 56 heavy (non-hydrogen) atoms. The third-order valence-electron chi connectivity index (χ3n) is 11.6. The van der Waals surface area contributed by atoms with E-state index in [9.17, 15) is 15.0 Å². The van der Waals surface area contributed by atoms with Crippen LogP contribution in [-0.4, -0.2) is 34.9 Å². The maximum Gasteiger partial charge on any atom is 0.220 e. The van der Waals surface area contributed by atoms with Crippen molar-refractivity contribution >= 4 is 5.91 Å². The van der Waals surface area contributed by atoms with Crippen molar-refractivity contribution in [2.45, 2.75) is 283 Å². The normalized spacial score (nSPS) is 13.1. The first kappa shape index (κ1) is 54.6. The van der Waals surface area contributed by atoms with Crippen molar-refractivity contribution in [2.75, 3.05) is 6.61 Å². The number of aliphatic hydroxyl groups excluding tert-OH is 2. The molecule has 0 saturated carbocycles. The van der Waals surface area contributed by atoms with Crippen molar-refractivity contribution in [1.29, 1.82) is 0 Å². The number of rotatable bonds is 46. The molecular formula is C52H99NO3. The molecule has 0 aromatic carbocycles. The minimum Gasteiger partial charge on any atom is -0.394 e. The monoisotopic (exact) mass is 786 g/mol. The van der Waals surface area contributed by atoms with Crippen molar-refractivity contribution in [3.05, 3.63) is 36.5 Å². The van der Waals surface area contributed by atoms with Crippen LogP contribution in [-0.2, 0) is 4.79 Å². The molecule has 0 bridgehead atoms. The summed E-state index contributed by atoms with van der Waals surface area (Å²) in [4.78, 5) is 12.4. The number of carbonyl (C=O) groups excluding carboxylic acids is 1. The van der Waals surface area contributed by atoms with Gasteiger partial charge in [0.1, 0.15) is 0 Å². The van der Waals surface area contributed by atoms with Gasteiger partial charge in [-0.05, 0) is 57.8 Å². The Bertz CT molecular complexity index is 851. The fraction of sp³-hybridized carbons (Fsp3) is 0.865. The van der Waals surface area contributed by atoms with E-state index in [2.05, 4.69) is 43.5 Å². The third kappa shape index (κ3) is 43.7. The summed E-state index contributed by atoms with van der Waals surface area (Å²) >= 11 is 0. The average Bonchev–Trinajstić information content (AvgIpc) is 3.20. The van der Waals surface area contributed by atoms with Gasteiger partial charge in [-0.1, -0.05) is 243 Å². The maximum atomic E-state index is 12.4. The second kappa shape index (κ2) is 48.0. The smallest absolute Gasteiger partial charge is 0.220 e. The van der Waals surface area contributed by atoms with E-state index in [1.54, 1.807) is 6.08 Å². The molecule has 2 unspecified atom stereocenters. The molecule has 0 aliphatic carbocycles. The second-order valence-electron chi connectivity index (χ2n) is 17.2. The Kier molecular flexibility index (Phi) is 46.8. The SMILES string of the molecule is CCCCCCCCC/C=C\CCCCCCCC(=O)NC(CO)C(O)/C=C/CC/C=C/CCCCCCCCCCCCCCCCCCCCCCCC. The van der Waals surface area contributed by atoms with Crippen molar-refractivity contribution in [2.24, 2.45) is 0 Å². The molecule has 0 spiro atoms. The van der Waals surface area contributed by atoms with E-state index in [1.165, 1.54) is 205 Å². The van der Waals surface area contributed by atoms with Gasteiger partial charge in [-0.25, -0.2) is 0 Å². The molecule has 2 atom stereocenters. The van der Waals surface area contributed by atoms with E-state index in [1.807, 2.05) is 6.08 Å². The van der Waals surface area contributed by atoms with Crippen LogP contribution in [0.2, 0.25) is 0 Å². The molecule has 4 nitrogen and oxygen atoms in total. The molecule has 0 saturated heterocycles. The van der Waals surface area contributed by atoms with Crippen LogP contribution in [0.25, 0.3) is 0 Å². The molecule has 0 aromatic rings. The van der Waals surface area contributed by atoms with E-state index in [4.69, 9.17) is 0 Å². The minimum atomic E-state index is -0.865. The van der Waals surface area contributed by atoms with Crippen molar-refractivity contribution < 1.29 is 15.0 Å². The van der Waals surface area contributed by atoms with Crippen LogP contribution < -0.4 is 5.32 Å². The number of aliphatic hydroxyl groups is 2. The molecule has 0 fully saturated rings. The predicted molar refractivity (Wildman–Crippen MR) is 248 cm³/mol. The Hall–Kier alpha value is -1.39. The zero-order valence-corrected chi connectivity index (χ0v) is 37.9. The summed E-state index contributed by atoms with van der Waals surface area (Å²) < 4.78 is 0. The molecule has 1 amide bonds. The predicted octanol–water partition coefficient (Wildman–Crippen LogP) is 16.1. The Morgan fingerprint density at radius 2 is 0.696 bits per heavy atom. The molecule has 3 N–H and O–H groups in total. The van der Waals surface area contributed by atoms with Gasteiger partial charge >= 0.3 is 0 Å². The van der Waals surface area contributed by atoms with Gasteiger partial charge in [0.25, 0.3) is 0 Å². The van der Waals surface area contributed by atoms with E-state index in [0.717, 1.165) is 44.9 Å². The first-order valence-corrected chi connectivity index (χ1v) is 25.2. The molecule has 330 valence electrons. The van der Waals surface area contributed by atoms with Gasteiger partial charge in [0.05, 0.1) is 18.8 Å². The fourth-order valence-electron chi connectivity index (χ4n) is 7.72. The van der Waals surface area contributed by atoms with Crippen molar-refractivity contribution in [3.63, 3.8) is 0 Å². The van der Waals surface area contributed by atoms with E-state index < -0.39 is 12.1 Å². The molecule has 0 rings (SSSR count). The molecular weight excluding hydrogens is 687 g/mol. The summed E-state index contributed by atoms with van der Waals surface area (Å²) in [5.41, 5.74) is 0. The zero-order valence-electron chi connectivity index (χ0n) is 37.9. The maximum absolute atomic E-state index is 12.4. The quantitative estimate of drug-likeness (QED) is 0.0425. The van der Waals surface area contributed by atoms with Crippen LogP contribution >= 0.6 is 0 Å². The second-order valence-corrected chi connectivity index (χ2v) is 17.2. The van der Waals surface area contributed by atoms with Crippen LogP contribution in [0.3, 0.4) is 0 Å². The van der Waals surface area contributed by atoms with Crippen LogP contribution in [0, 0.1) is 0 Å². The highest BCUT2D eigenvalue weighted by molar-refractivity contribution is 5.76. The van der Waals surface area contributed by atoms with Crippen LogP contribution in [0.5, 0.6) is 0 Å². The molecule has 0 aromatic heterocycles. The Morgan fingerprint density at radius 3 is 1.04 bits per heavy atom. The topological polar surface area (TPSA) is 69.6 Å². The van der Waals surface area contributed by atoms with E-state index in [0.29, 0.717) is 6.42 Å². The summed E-state index contributed by atoms with van der Waals surface area (Å²) in [6, 6.07) is -0.643. The Balaban J connectivity index is 3.54. The minimum absolute atomic E-state index is 0.0804.